The topological polar surface area (TPSA) is 12.9 Å². The first kappa shape index (κ1) is 7.47. The fourth-order valence-corrected chi connectivity index (χ4v) is 1.80. The summed E-state index contributed by atoms with van der Waals surface area (Å²) in [4.78, 5) is 5.53. The minimum absolute atomic E-state index is 0.557. The van der Waals surface area contributed by atoms with E-state index in [0.717, 1.165) is 0 Å². The van der Waals surface area contributed by atoms with E-state index >= 15 is 0 Å². The molecule has 1 heterocycles. The third-order valence-corrected chi connectivity index (χ3v) is 3.09. The van der Waals surface area contributed by atoms with Crippen LogP contribution >= 0.6 is 33.9 Å². The molecular formula is C6H8INS. The Bertz CT molecular complexity index is 195. The van der Waals surface area contributed by atoms with Crippen molar-refractivity contribution in [3.05, 3.63) is 16.1 Å². The van der Waals surface area contributed by atoms with Gasteiger partial charge in [0.1, 0.15) is 5.01 Å². The number of aryl methyl sites for hydroxylation is 1. The number of nitrogens with zero attached hydrogens (tertiary/aromatic N) is 1. The van der Waals surface area contributed by atoms with Crippen molar-refractivity contribution in [1.82, 2.24) is 4.98 Å². The fraction of sp³-hybridized carbons (Fsp3) is 0.500. The molecule has 9 heavy (non-hydrogen) atoms. The molecule has 3 heteroatoms. The van der Waals surface area contributed by atoms with E-state index in [2.05, 4.69) is 41.4 Å². The molecular weight excluding hydrogens is 245 g/mol. The van der Waals surface area contributed by atoms with E-state index in [-0.39, 0.29) is 0 Å². The van der Waals surface area contributed by atoms with E-state index in [1.807, 2.05) is 6.20 Å². The van der Waals surface area contributed by atoms with Gasteiger partial charge in [-0.05, 0) is 13.8 Å². The maximum atomic E-state index is 4.23. The number of halogens is 1. The van der Waals surface area contributed by atoms with Crippen LogP contribution in [0.3, 0.4) is 0 Å². The zero-order valence-corrected chi connectivity index (χ0v) is 8.36. The van der Waals surface area contributed by atoms with Crippen molar-refractivity contribution in [3.8, 4) is 0 Å². The van der Waals surface area contributed by atoms with Gasteiger partial charge in [-0.2, -0.15) is 0 Å². The summed E-state index contributed by atoms with van der Waals surface area (Å²) in [6.45, 7) is 4.24. The molecule has 0 amide bonds. The van der Waals surface area contributed by atoms with Crippen molar-refractivity contribution in [2.24, 2.45) is 0 Å². The molecule has 1 unspecified atom stereocenters. The van der Waals surface area contributed by atoms with Crippen LogP contribution < -0.4 is 0 Å². The first-order chi connectivity index (χ1) is 4.20. The summed E-state index contributed by atoms with van der Waals surface area (Å²) in [5.41, 5.74) is 0. The predicted molar refractivity (Wildman–Crippen MR) is 49.3 cm³/mol. The summed E-state index contributed by atoms with van der Waals surface area (Å²) < 4.78 is 0.557. The quantitative estimate of drug-likeness (QED) is 0.554. The van der Waals surface area contributed by atoms with E-state index in [4.69, 9.17) is 0 Å². The number of thiazole rings is 1. The standard InChI is InChI=1S/C6H8INS/c1-4-3-8-6(9-4)5(2)7/h3,5H,1-2H3. The average molecular weight is 253 g/mol. The zero-order valence-electron chi connectivity index (χ0n) is 5.39. The Morgan fingerprint density at radius 3 is 2.67 bits per heavy atom. The number of rotatable bonds is 1. The normalized spacial score (nSPS) is 13.7. The van der Waals surface area contributed by atoms with Crippen LogP contribution in [0.15, 0.2) is 6.20 Å². The molecule has 0 radical (unpaired) electrons. The number of alkyl halides is 1. The van der Waals surface area contributed by atoms with Gasteiger partial charge < -0.3 is 0 Å². The molecule has 1 nitrogen and oxygen atoms in total. The highest BCUT2D eigenvalue weighted by Crippen LogP contribution is 2.25. The van der Waals surface area contributed by atoms with Gasteiger partial charge in [-0.25, -0.2) is 4.98 Å². The van der Waals surface area contributed by atoms with Crippen LogP contribution in [0.1, 0.15) is 20.7 Å². The highest BCUT2D eigenvalue weighted by Gasteiger charge is 2.02. The van der Waals surface area contributed by atoms with E-state index in [1.54, 1.807) is 11.3 Å². The SMILES string of the molecule is Cc1cnc(C(C)I)s1. The van der Waals surface area contributed by atoms with Gasteiger partial charge in [0.15, 0.2) is 0 Å². The Labute approximate surface area is 72.6 Å². The maximum Gasteiger partial charge on any atom is 0.105 e. The molecule has 0 spiro atoms. The minimum atomic E-state index is 0.557. The Morgan fingerprint density at radius 1 is 1.78 bits per heavy atom. The Kier molecular flexibility index (Phi) is 2.46. The molecule has 0 aliphatic carbocycles. The lowest BCUT2D eigenvalue weighted by molar-refractivity contribution is 1.10. The number of hydrogen-bond donors (Lipinski definition) is 0. The van der Waals surface area contributed by atoms with Crippen LogP contribution in [0.4, 0.5) is 0 Å². The average Bonchev–Trinajstić information content (AvgIpc) is 2.14. The van der Waals surface area contributed by atoms with Crippen LogP contribution in [-0.4, -0.2) is 4.98 Å². The first-order valence-electron chi connectivity index (χ1n) is 2.76. The summed E-state index contributed by atoms with van der Waals surface area (Å²) in [6.07, 6.45) is 1.93. The summed E-state index contributed by atoms with van der Waals surface area (Å²) in [6, 6.07) is 0. The van der Waals surface area contributed by atoms with Crippen molar-refractivity contribution in [2.45, 2.75) is 17.8 Å². The smallest absolute Gasteiger partial charge is 0.105 e. The van der Waals surface area contributed by atoms with Gasteiger partial charge in [-0.3, -0.25) is 0 Å². The van der Waals surface area contributed by atoms with Crippen molar-refractivity contribution in [3.63, 3.8) is 0 Å². The Balaban J connectivity index is 2.85. The third kappa shape index (κ3) is 1.89. The molecule has 0 saturated carbocycles. The summed E-state index contributed by atoms with van der Waals surface area (Å²) in [5, 5.41) is 1.23. The highest BCUT2D eigenvalue weighted by molar-refractivity contribution is 14.1. The van der Waals surface area contributed by atoms with E-state index in [9.17, 15) is 0 Å². The van der Waals surface area contributed by atoms with Crippen LogP contribution in [0, 0.1) is 6.92 Å². The van der Waals surface area contributed by atoms with Gasteiger partial charge in [-0.1, -0.05) is 22.6 Å². The first-order valence-corrected chi connectivity index (χ1v) is 4.83. The summed E-state index contributed by atoms with van der Waals surface area (Å²) in [7, 11) is 0. The number of aromatic nitrogens is 1. The lowest BCUT2D eigenvalue weighted by atomic mass is 10.5. The van der Waals surface area contributed by atoms with Gasteiger partial charge in [0.25, 0.3) is 0 Å². The lowest BCUT2D eigenvalue weighted by Gasteiger charge is -1.92. The third-order valence-electron chi connectivity index (χ3n) is 0.979. The van der Waals surface area contributed by atoms with E-state index in [1.165, 1.54) is 9.88 Å². The molecule has 1 aromatic heterocycles. The van der Waals surface area contributed by atoms with Crippen LogP contribution in [0.5, 0.6) is 0 Å². The van der Waals surface area contributed by atoms with Gasteiger partial charge in [0, 0.05) is 11.1 Å². The van der Waals surface area contributed by atoms with Gasteiger partial charge in [0.2, 0.25) is 0 Å². The minimum Gasteiger partial charge on any atom is -0.248 e. The van der Waals surface area contributed by atoms with E-state index in [0.29, 0.717) is 3.92 Å². The monoisotopic (exact) mass is 253 g/mol. The molecule has 1 aromatic rings. The van der Waals surface area contributed by atoms with Gasteiger partial charge in [-0.15, -0.1) is 11.3 Å². The second-order valence-electron chi connectivity index (χ2n) is 1.93. The summed E-state index contributed by atoms with van der Waals surface area (Å²) in [5.74, 6) is 0. The molecule has 0 saturated heterocycles. The second-order valence-corrected chi connectivity index (χ2v) is 5.06. The van der Waals surface area contributed by atoms with Crippen LogP contribution in [-0.2, 0) is 0 Å². The maximum absolute atomic E-state index is 4.23. The Hall–Kier alpha value is 0.360. The summed E-state index contributed by atoms with van der Waals surface area (Å²) >= 11 is 4.15. The molecule has 1 rings (SSSR count). The van der Waals surface area contributed by atoms with Crippen molar-refractivity contribution in [2.75, 3.05) is 0 Å². The van der Waals surface area contributed by atoms with E-state index < -0.39 is 0 Å². The van der Waals surface area contributed by atoms with Gasteiger partial charge in [0.05, 0.1) is 3.92 Å². The largest absolute Gasteiger partial charge is 0.248 e. The lowest BCUT2D eigenvalue weighted by Crippen LogP contribution is -1.77. The molecule has 0 aliphatic rings. The molecule has 0 fully saturated rings. The van der Waals surface area contributed by atoms with Crippen molar-refractivity contribution >= 4 is 33.9 Å². The second kappa shape index (κ2) is 2.96. The van der Waals surface area contributed by atoms with Crippen molar-refractivity contribution in [1.29, 1.82) is 0 Å². The fourth-order valence-electron chi connectivity index (χ4n) is 0.556. The number of hydrogen-bond acceptors (Lipinski definition) is 2. The molecule has 0 N–H and O–H groups in total. The molecule has 0 aliphatic heterocycles. The van der Waals surface area contributed by atoms with Crippen LogP contribution in [0.2, 0.25) is 0 Å². The van der Waals surface area contributed by atoms with Gasteiger partial charge >= 0.3 is 0 Å². The van der Waals surface area contributed by atoms with Crippen molar-refractivity contribution < 1.29 is 0 Å². The molecule has 1 atom stereocenters. The zero-order chi connectivity index (χ0) is 6.85. The Morgan fingerprint density at radius 2 is 2.44 bits per heavy atom. The molecule has 0 aromatic carbocycles. The molecule has 0 bridgehead atoms. The predicted octanol–water partition coefficient (Wildman–Crippen LogP) is 2.95. The highest BCUT2D eigenvalue weighted by atomic mass is 127. The van der Waals surface area contributed by atoms with Crippen LogP contribution in [0.25, 0.3) is 0 Å². The molecule has 50 valence electrons.